The van der Waals surface area contributed by atoms with E-state index in [1.807, 2.05) is 36.5 Å². The van der Waals surface area contributed by atoms with Crippen LogP contribution in [0.15, 0.2) is 52.2 Å². The van der Waals surface area contributed by atoms with E-state index in [1.165, 1.54) is 0 Å². The monoisotopic (exact) mass is 408 g/mol. The Morgan fingerprint density at radius 3 is 2.90 bits per heavy atom. The van der Waals surface area contributed by atoms with Crippen LogP contribution in [0.25, 0.3) is 11.5 Å². The molecule has 0 bridgehead atoms. The highest BCUT2D eigenvalue weighted by molar-refractivity contribution is 14.1. The van der Waals surface area contributed by atoms with Crippen molar-refractivity contribution in [1.82, 2.24) is 15.0 Å². The summed E-state index contributed by atoms with van der Waals surface area (Å²) in [5.41, 5.74) is 1.88. The maximum Gasteiger partial charge on any atom is 0.199 e. The lowest BCUT2D eigenvalue weighted by Crippen LogP contribution is -1.96. The molecule has 105 valence electrons. The van der Waals surface area contributed by atoms with Gasteiger partial charge in [-0.1, -0.05) is 6.07 Å². The molecule has 0 aromatic carbocycles. The summed E-state index contributed by atoms with van der Waals surface area (Å²) in [6.45, 7) is 0. The Morgan fingerprint density at radius 1 is 1.19 bits per heavy atom. The Kier molecular flexibility index (Phi) is 4.87. The van der Waals surface area contributed by atoms with Gasteiger partial charge in [0.25, 0.3) is 0 Å². The van der Waals surface area contributed by atoms with Crippen molar-refractivity contribution in [1.29, 1.82) is 0 Å². The number of rotatable bonds is 5. The van der Waals surface area contributed by atoms with Gasteiger partial charge in [0.2, 0.25) is 0 Å². The summed E-state index contributed by atoms with van der Waals surface area (Å²) in [6.07, 6.45) is 7.07. The molecule has 0 aliphatic carbocycles. The van der Waals surface area contributed by atoms with Crippen LogP contribution in [0.5, 0.6) is 0 Å². The van der Waals surface area contributed by atoms with Crippen LogP contribution in [0.4, 0.5) is 0 Å². The Balaban J connectivity index is 1.70. The molecular formula is C15H11IN3OS. The maximum atomic E-state index is 5.39. The predicted octanol–water partition coefficient (Wildman–Crippen LogP) is 3.87. The van der Waals surface area contributed by atoms with Crippen LogP contribution < -0.4 is 0 Å². The van der Waals surface area contributed by atoms with E-state index in [1.54, 1.807) is 18.0 Å². The molecule has 6 heteroatoms. The van der Waals surface area contributed by atoms with Crippen molar-refractivity contribution in [2.24, 2.45) is 0 Å². The van der Waals surface area contributed by atoms with E-state index in [0.29, 0.717) is 0 Å². The van der Waals surface area contributed by atoms with Crippen LogP contribution in [0.1, 0.15) is 5.69 Å². The van der Waals surface area contributed by atoms with Gasteiger partial charge < -0.3 is 4.42 Å². The number of halogens is 1. The third kappa shape index (κ3) is 3.62. The summed E-state index contributed by atoms with van der Waals surface area (Å²) in [5.74, 6) is 1.65. The number of furan rings is 1. The molecule has 4 nitrogen and oxygen atoms in total. The second-order valence-corrected chi connectivity index (χ2v) is 6.35. The molecule has 0 N–H and O–H groups in total. The van der Waals surface area contributed by atoms with Crippen LogP contribution in [-0.4, -0.2) is 20.7 Å². The van der Waals surface area contributed by atoms with Gasteiger partial charge in [0.05, 0.1) is 9.83 Å². The number of aryl methyl sites for hydroxylation is 1. The summed E-state index contributed by atoms with van der Waals surface area (Å²) < 4.78 is 6.39. The second-order valence-electron chi connectivity index (χ2n) is 4.19. The summed E-state index contributed by atoms with van der Waals surface area (Å²) in [4.78, 5) is 12.7. The van der Waals surface area contributed by atoms with E-state index in [-0.39, 0.29) is 0 Å². The molecule has 0 spiro atoms. The van der Waals surface area contributed by atoms with E-state index in [0.717, 1.165) is 37.9 Å². The zero-order chi connectivity index (χ0) is 14.5. The molecule has 3 rings (SSSR count). The first-order chi connectivity index (χ1) is 10.3. The van der Waals surface area contributed by atoms with Crippen molar-refractivity contribution in [2.45, 2.75) is 11.4 Å². The fourth-order valence-corrected chi connectivity index (χ4v) is 3.60. The Hall–Kier alpha value is -1.41. The number of thioether (sulfide) groups is 1. The number of nitrogens with zero attached hydrogens (tertiary/aromatic N) is 3. The maximum absolute atomic E-state index is 5.39. The molecule has 0 fully saturated rings. The van der Waals surface area contributed by atoms with Gasteiger partial charge in [-0.15, -0.1) is 11.8 Å². The Bertz CT molecular complexity index is 704. The average molecular weight is 408 g/mol. The zero-order valence-corrected chi connectivity index (χ0v) is 14.0. The van der Waals surface area contributed by atoms with Crippen molar-refractivity contribution in [3.05, 3.63) is 58.4 Å². The van der Waals surface area contributed by atoms with Crippen LogP contribution >= 0.6 is 34.4 Å². The average Bonchev–Trinajstić information content (AvgIpc) is 3.04. The summed E-state index contributed by atoms with van der Waals surface area (Å²) in [7, 11) is 0. The number of aromatic nitrogens is 3. The lowest BCUT2D eigenvalue weighted by Gasteiger charge is -2.05. The van der Waals surface area contributed by atoms with Crippen molar-refractivity contribution in [3.63, 3.8) is 0 Å². The number of hydrogen-bond acceptors (Lipinski definition) is 5. The van der Waals surface area contributed by atoms with Gasteiger partial charge in [-0.25, -0.2) is 9.97 Å². The second kappa shape index (κ2) is 7.04. The molecule has 0 amide bonds. The largest absolute Gasteiger partial charge is 0.463 e. The van der Waals surface area contributed by atoms with Crippen molar-refractivity contribution in [3.8, 4) is 11.5 Å². The molecule has 0 aliphatic rings. The molecule has 1 radical (unpaired) electrons. The highest BCUT2D eigenvalue weighted by Gasteiger charge is 2.13. The van der Waals surface area contributed by atoms with Crippen molar-refractivity contribution in [2.75, 3.05) is 5.75 Å². The molecule has 21 heavy (non-hydrogen) atoms. The van der Waals surface area contributed by atoms with Gasteiger partial charge in [0.1, 0.15) is 10.7 Å². The molecule has 0 aliphatic heterocycles. The normalized spacial score (nSPS) is 10.7. The third-order valence-corrected chi connectivity index (χ3v) is 5.15. The minimum atomic E-state index is 0.740. The lowest BCUT2D eigenvalue weighted by molar-refractivity contribution is 0.578. The highest BCUT2D eigenvalue weighted by Crippen LogP contribution is 2.30. The van der Waals surface area contributed by atoms with Crippen LogP contribution in [-0.2, 0) is 6.42 Å². The topological polar surface area (TPSA) is 51.8 Å². The Morgan fingerprint density at radius 2 is 2.14 bits per heavy atom. The first kappa shape index (κ1) is 14.5. The van der Waals surface area contributed by atoms with E-state index >= 15 is 0 Å². The summed E-state index contributed by atoms with van der Waals surface area (Å²) >= 11 is 3.94. The van der Waals surface area contributed by atoms with Gasteiger partial charge >= 0.3 is 0 Å². The van der Waals surface area contributed by atoms with Crippen LogP contribution in [0.3, 0.4) is 0 Å². The molecule has 3 heterocycles. The molecule has 0 saturated carbocycles. The lowest BCUT2D eigenvalue weighted by atomic mass is 10.3. The van der Waals surface area contributed by atoms with Crippen molar-refractivity contribution >= 4 is 34.4 Å². The van der Waals surface area contributed by atoms with E-state index in [9.17, 15) is 0 Å². The standard InChI is InChI=1S/C15H11IN3OS/c16-13-14(12-5-3-8-20-12)18-10-19-15(13)21-9-6-11-4-1-2-7-17-11/h1-5,7-8H,6,9H2. The number of pyridine rings is 1. The summed E-state index contributed by atoms with van der Waals surface area (Å²) in [5, 5.41) is 0.924. The molecule has 0 unspecified atom stereocenters. The van der Waals surface area contributed by atoms with Crippen molar-refractivity contribution < 1.29 is 4.42 Å². The van der Waals surface area contributed by atoms with Crippen LogP contribution in [0, 0.1) is 9.90 Å². The minimum absolute atomic E-state index is 0.740. The van der Waals surface area contributed by atoms with Gasteiger partial charge in [0.15, 0.2) is 12.1 Å². The smallest absolute Gasteiger partial charge is 0.199 e. The molecule has 0 atom stereocenters. The molecule has 0 saturated heterocycles. The fraction of sp³-hybridized carbons (Fsp3) is 0.133. The highest BCUT2D eigenvalue weighted by atomic mass is 127. The zero-order valence-electron chi connectivity index (χ0n) is 11.0. The van der Waals surface area contributed by atoms with Gasteiger partial charge in [-0.2, -0.15) is 0 Å². The molecule has 3 aromatic heterocycles. The third-order valence-electron chi connectivity index (χ3n) is 2.79. The Labute approximate surface area is 140 Å². The SMILES string of the molecule is Ic1c(SCCc2ccccn2)n[c]nc1-c1ccco1. The van der Waals surface area contributed by atoms with E-state index in [2.05, 4.69) is 43.9 Å². The van der Waals surface area contributed by atoms with E-state index < -0.39 is 0 Å². The van der Waals surface area contributed by atoms with Gasteiger partial charge in [-0.3, -0.25) is 4.98 Å². The fourth-order valence-electron chi connectivity index (χ4n) is 1.79. The van der Waals surface area contributed by atoms with Crippen LogP contribution in [0.2, 0.25) is 0 Å². The quantitative estimate of drug-likeness (QED) is 0.365. The summed E-state index contributed by atoms with van der Waals surface area (Å²) in [6, 6.07) is 9.70. The minimum Gasteiger partial charge on any atom is -0.463 e. The van der Waals surface area contributed by atoms with E-state index in [4.69, 9.17) is 4.42 Å². The molecule has 3 aromatic rings. The molecular weight excluding hydrogens is 397 g/mol. The first-order valence-electron chi connectivity index (χ1n) is 6.35. The first-order valence-corrected chi connectivity index (χ1v) is 8.41. The number of hydrogen-bond donors (Lipinski definition) is 0. The van der Waals surface area contributed by atoms with Gasteiger partial charge in [-0.05, 0) is 53.3 Å². The predicted molar refractivity (Wildman–Crippen MR) is 90.0 cm³/mol. The van der Waals surface area contributed by atoms with Gasteiger partial charge in [0, 0.05) is 17.6 Å².